The fourth-order valence-electron chi connectivity index (χ4n) is 2.13. The van der Waals surface area contributed by atoms with Crippen molar-refractivity contribution < 1.29 is 9.53 Å². The minimum atomic E-state index is -0.359. The summed E-state index contributed by atoms with van der Waals surface area (Å²) in [7, 11) is 0. The summed E-state index contributed by atoms with van der Waals surface area (Å²) in [6, 6.07) is 17.1. The van der Waals surface area contributed by atoms with Crippen molar-refractivity contribution in [1.29, 1.82) is 0 Å². The Morgan fingerprint density at radius 1 is 1.17 bits per heavy atom. The Morgan fingerprint density at radius 3 is 2.70 bits per heavy atom. The number of aromatic nitrogens is 1. The van der Waals surface area contributed by atoms with Gasteiger partial charge in [0.15, 0.2) is 0 Å². The van der Waals surface area contributed by atoms with Crippen molar-refractivity contribution in [2.75, 3.05) is 0 Å². The highest BCUT2D eigenvalue weighted by Gasteiger charge is 2.17. The van der Waals surface area contributed by atoms with E-state index in [-0.39, 0.29) is 12.6 Å². The molecule has 3 rings (SSSR count). The fraction of sp³-hybridized carbons (Fsp3) is 0.111. The number of hydrogen-bond donors (Lipinski definition) is 0. The molecule has 23 heavy (non-hydrogen) atoms. The van der Waals surface area contributed by atoms with Crippen molar-refractivity contribution >= 4 is 28.9 Å². The summed E-state index contributed by atoms with van der Waals surface area (Å²) >= 11 is 7.27. The predicted molar refractivity (Wildman–Crippen MR) is 92.9 cm³/mol. The lowest BCUT2D eigenvalue weighted by molar-refractivity contribution is 0.0477. The number of rotatable bonds is 4. The van der Waals surface area contributed by atoms with Crippen LogP contribution < -0.4 is 0 Å². The van der Waals surface area contributed by atoms with Gasteiger partial charge in [-0.3, -0.25) is 0 Å². The largest absolute Gasteiger partial charge is 0.457 e. The molecule has 2 aromatic carbocycles. The quantitative estimate of drug-likeness (QED) is 0.616. The van der Waals surface area contributed by atoms with Gasteiger partial charge in [-0.1, -0.05) is 54.1 Å². The van der Waals surface area contributed by atoms with Crippen LogP contribution in [0.4, 0.5) is 0 Å². The van der Waals surface area contributed by atoms with Gasteiger partial charge in [-0.2, -0.15) is 0 Å². The smallest absolute Gasteiger partial charge is 0.350 e. The van der Waals surface area contributed by atoms with Crippen LogP contribution in [0.3, 0.4) is 0 Å². The van der Waals surface area contributed by atoms with E-state index in [4.69, 9.17) is 16.3 Å². The molecule has 0 aliphatic rings. The van der Waals surface area contributed by atoms with Gasteiger partial charge in [0.05, 0.1) is 5.69 Å². The summed E-state index contributed by atoms with van der Waals surface area (Å²) in [5, 5.41) is 1.44. The molecule has 116 valence electrons. The summed E-state index contributed by atoms with van der Waals surface area (Å²) in [5.41, 5.74) is 2.54. The molecule has 3 nitrogen and oxygen atoms in total. The van der Waals surface area contributed by atoms with Crippen molar-refractivity contribution in [3.8, 4) is 10.6 Å². The molecular weight excluding hydrogens is 330 g/mol. The van der Waals surface area contributed by atoms with Crippen molar-refractivity contribution in [2.24, 2.45) is 0 Å². The molecule has 0 aliphatic heterocycles. The van der Waals surface area contributed by atoms with E-state index in [1.54, 1.807) is 12.1 Å². The lowest BCUT2D eigenvalue weighted by Gasteiger charge is -2.04. The van der Waals surface area contributed by atoms with Crippen LogP contribution in [0.5, 0.6) is 0 Å². The number of aryl methyl sites for hydroxylation is 1. The molecule has 0 spiro atoms. The van der Waals surface area contributed by atoms with Gasteiger partial charge in [0.25, 0.3) is 0 Å². The molecular formula is C18H14ClNO2S. The second-order valence-corrected chi connectivity index (χ2v) is 6.44. The summed E-state index contributed by atoms with van der Waals surface area (Å²) in [6.45, 7) is 2.01. The zero-order valence-electron chi connectivity index (χ0n) is 12.5. The second kappa shape index (κ2) is 6.94. The highest BCUT2D eigenvalue weighted by Crippen LogP contribution is 2.28. The second-order valence-electron chi connectivity index (χ2n) is 5.01. The van der Waals surface area contributed by atoms with Gasteiger partial charge in [0.1, 0.15) is 16.5 Å². The molecule has 0 fully saturated rings. The Morgan fingerprint density at radius 2 is 1.96 bits per heavy atom. The third kappa shape index (κ3) is 3.78. The van der Waals surface area contributed by atoms with Crippen LogP contribution in [0, 0.1) is 6.92 Å². The molecule has 3 aromatic rings. The van der Waals surface area contributed by atoms with E-state index in [2.05, 4.69) is 4.98 Å². The fourth-order valence-corrected chi connectivity index (χ4v) is 3.31. The van der Waals surface area contributed by atoms with Crippen LogP contribution in [0.2, 0.25) is 5.02 Å². The van der Waals surface area contributed by atoms with Crippen molar-refractivity contribution in [2.45, 2.75) is 13.5 Å². The van der Waals surface area contributed by atoms with Crippen LogP contribution in [0.25, 0.3) is 10.6 Å². The topological polar surface area (TPSA) is 39.2 Å². The maximum absolute atomic E-state index is 12.3. The first-order chi connectivity index (χ1) is 11.1. The lowest BCUT2D eigenvalue weighted by atomic mass is 10.2. The van der Waals surface area contributed by atoms with E-state index >= 15 is 0 Å². The maximum Gasteiger partial charge on any atom is 0.350 e. The highest BCUT2D eigenvalue weighted by atomic mass is 35.5. The number of carbonyl (C=O) groups is 1. The van der Waals surface area contributed by atoms with Crippen molar-refractivity contribution in [3.63, 3.8) is 0 Å². The summed E-state index contributed by atoms with van der Waals surface area (Å²) in [6.07, 6.45) is 0. The molecule has 0 radical (unpaired) electrons. The molecule has 0 N–H and O–H groups in total. The average Bonchev–Trinajstić information content (AvgIpc) is 2.95. The maximum atomic E-state index is 12.3. The number of carbonyl (C=O) groups excluding carboxylic acids is 1. The van der Waals surface area contributed by atoms with Gasteiger partial charge >= 0.3 is 5.97 Å². The van der Waals surface area contributed by atoms with Gasteiger partial charge < -0.3 is 4.74 Å². The van der Waals surface area contributed by atoms with Crippen LogP contribution >= 0.6 is 22.9 Å². The number of hydrogen-bond acceptors (Lipinski definition) is 4. The third-order valence-electron chi connectivity index (χ3n) is 3.26. The van der Waals surface area contributed by atoms with E-state index in [0.717, 1.165) is 16.1 Å². The van der Waals surface area contributed by atoms with Crippen LogP contribution in [-0.2, 0) is 11.3 Å². The number of esters is 1. The standard InChI is InChI=1S/C18H14ClNO2S/c1-12-16(23-17(20-12)14-7-3-2-4-8-14)18(21)22-11-13-6-5-9-15(19)10-13/h2-10H,11H2,1H3. The van der Waals surface area contributed by atoms with Crippen LogP contribution in [0.15, 0.2) is 54.6 Å². The Labute approximate surface area is 143 Å². The molecule has 5 heteroatoms. The number of nitrogens with zero attached hydrogens (tertiary/aromatic N) is 1. The number of halogens is 1. The van der Waals surface area contributed by atoms with E-state index in [1.807, 2.05) is 49.4 Å². The molecule has 0 amide bonds. The van der Waals surface area contributed by atoms with Gasteiger partial charge in [0, 0.05) is 10.6 Å². The Bertz CT molecular complexity index is 830. The molecule has 1 heterocycles. The normalized spacial score (nSPS) is 10.5. The summed E-state index contributed by atoms with van der Waals surface area (Å²) < 4.78 is 5.37. The van der Waals surface area contributed by atoms with E-state index < -0.39 is 0 Å². The first-order valence-electron chi connectivity index (χ1n) is 7.08. The Kier molecular flexibility index (Phi) is 4.74. The third-order valence-corrected chi connectivity index (χ3v) is 4.68. The minimum Gasteiger partial charge on any atom is -0.457 e. The van der Waals surface area contributed by atoms with Gasteiger partial charge in [-0.05, 0) is 24.6 Å². The van der Waals surface area contributed by atoms with Crippen molar-refractivity contribution in [3.05, 3.63) is 75.8 Å². The highest BCUT2D eigenvalue weighted by molar-refractivity contribution is 7.17. The van der Waals surface area contributed by atoms with Crippen molar-refractivity contribution in [1.82, 2.24) is 4.98 Å². The zero-order valence-corrected chi connectivity index (χ0v) is 14.0. The van der Waals surface area contributed by atoms with Gasteiger partial charge in [-0.25, -0.2) is 9.78 Å². The number of thiazole rings is 1. The molecule has 1 aromatic heterocycles. The summed E-state index contributed by atoms with van der Waals surface area (Å²) in [4.78, 5) is 17.3. The van der Waals surface area contributed by atoms with E-state index in [9.17, 15) is 4.79 Å². The minimum absolute atomic E-state index is 0.192. The Balaban J connectivity index is 1.74. The first kappa shape index (κ1) is 15.7. The molecule has 0 bridgehead atoms. The average molecular weight is 344 g/mol. The molecule has 0 saturated heterocycles. The van der Waals surface area contributed by atoms with Crippen LogP contribution in [0.1, 0.15) is 20.9 Å². The Hall–Kier alpha value is -2.17. The van der Waals surface area contributed by atoms with Gasteiger partial charge in [0.2, 0.25) is 0 Å². The number of ether oxygens (including phenoxy) is 1. The predicted octanol–water partition coefficient (Wildman–Crippen LogP) is 5.13. The molecule has 0 aliphatic carbocycles. The van der Waals surface area contributed by atoms with Gasteiger partial charge in [-0.15, -0.1) is 11.3 Å². The lowest BCUT2D eigenvalue weighted by Crippen LogP contribution is -2.04. The van der Waals surface area contributed by atoms with Crippen LogP contribution in [-0.4, -0.2) is 11.0 Å². The SMILES string of the molecule is Cc1nc(-c2ccccc2)sc1C(=O)OCc1cccc(Cl)c1. The zero-order chi connectivity index (χ0) is 16.2. The first-order valence-corrected chi connectivity index (χ1v) is 8.27. The van der Waals surface area contributed by atoms with E-state index in [0.29, 0.717) is 15.6 Å². The van der Waals surface area contributed by atoms with E-state index in [1.165, 1.54) is 11.3 Å². The molecule has 0 saturated carbocycles. The summed E-state index contributed by atoms with van der Waals surface area (Å²) in [5.74, 6) is -0.359. The molecule has 0 unspecified atom stereocenters. The monoisotopic (exact) mass is 343 g/mol. The molecule has 0 atom stereocenters. The number of benzene rings is 2.